The van der Waals surface area contributed by atoms with E-state index in [1.54, 1.807) is 0 Å². The number of rotatable bonds is 8. The van der Waals surface area contributed by atoms with Gasteiger partial charge in [0.15, 0.2) is 0 Å². The zero-order chi connectivity index (χ0) is 37.8. The molecule has 1 aliphatic rings. The van der Waals surface area contributed by atoms with Crippen LogP contribution in [0.2, 0.25) is 0 Å². The molecule has 0 spiro atoms. The second kappa shape index (κ2) is 15.5. The topological polar surface area (TPSA) is 65.2 Å². The van der Waals surface area contributed by atoms with E-state index < -0.39 is 0 Å². The van der Waals surface area contributed by atoms with Gasteiger partial charge in [-0.1, -0.05) is 171 Å². The molecule has 0 aromatic heterocycles. The lowest BCUT2D eigenvalue weighted by Gasteiger charge is -2.25. The lowest BCUT2D eigenvalue weighted by molar-refractivity contribution is 0.390. The molecule has 8 aromatic carbocycles. The van der Waals surface area contributed by atoms with Gasteiger partial charge in [-0.15, -0.1) is 0 Å². The molecule has 4 heteroatoms. The first-order valence-electron chi connectivity index (χ1n) is 19.5. The number of phenolic OH excluding ortho intramolecular Hbond substituents is 2. The van der Waals surface area contributed by atoms with Crippen LogP contribution < -0.4 is 0 Å². The van der Waals surface area contributed by atoms with Gasteiger partial charge in [0.1, 0.15) is 11.5 Å². The number of fused-ring (bicyclic) bond motifs is 2. The molecule has 2 atom stereocenters. The van der Waals surface area contributed by atoms with Gasteiger partial charge in [-0.2, -0.15) is 0 Å². The SMILES string of the molecule is Oc1c(C=NC2CCCC[C@H]2N=Cc2cccc(-c3c(-c4ccccc4)ccc4ccccc34)c2O)cccc1-c1c(-c2ccccc2)ccc2ccccc12. The van der Waals surface area contributed by atoms with Crippen LogP contribution in [-0.2, 0) is 0 Å². The second-order valence-electron chi connectivity index (χ2n) is 14.6. The summed E-state index contributed by atoms with van der Waals surface area (Å²) in [6.45, 7) is 0. The van der Waals surface area contributed by atoms with Crippen LogP contribution in [0.4, 0.5) is 0 Å². The van der Waals surface area contributed by atoms with Crippen LogP contribution in [-0.4, -0.2) is 34.7 Å². The Morgan fingerprint density at radius 3 is 1.25 bits per heavy atom. The van der Waals surface area contributed by atoms with Gasteiger partial charge in [0.2, 0.25) is 0 Å². The summed E-state index contributed by atoms with van der Waals surface area (Å²) in [5.41, 5.74) is 9.25. The zero-order valence-corrected chi connectivity index (χ0v) is 31.1. The third-order valence-corrected chi connectivity index (χ3v) is 11.2. The van der Waals surface area contributed by atoms with Crippen LogP contribution in [0.3, 0.4) is 0 Å². The van der Waals surface area contributed by atoms with E-state index in [1.165, 1.54) is 0 Å². The zero-order valence-electron chi connectivity index (χ0n) is 31.1. The number of phenols is 2. The van der Waals surface area contributed by atoms with Crippen molar-refractivity contribution in [1.29, 1.82) is 0 Å². The van der Waals surface area contributed by atoms with Crippen LogP contribution >= 0.6 is 0 Å². The third kappa shape index (κ3) is 6.75. The Bertz CT molecular complexity index is 2550. The highest BCUT2D eigenvalue weighted by molar-refractivity contribution is 6.08. The maximum absolute atomic E-state index is 11.9. The first-order chi connectivity index (χ1) is 27.6. The van der Waals surface area contributed by atoms with E-state index in [0.29, 0.717) is 11.1 Å². The molecule has 1 aliphatic carbocycles. The molecule has 4 nitrogen and oxygen atoms in total. The normalized spacial score (nSPS) is 15.9. The highest BCUT2D eigenvalue weighted by Crippen LogP contribution is 2.44. The molecule has 9 rings (SSSR count). The molecule has 56 heavy (non-hydrogen) atoms. The van der Waals surface area contributed by atoms with Crippen molar-refractivity contribution in [2.24, 2.45) is 9.98 Å². The maximum atomic E-state index is 11.9. The van der Waals surface area contributed by atoms with Crippen molar-refractivity contribution in [3.05, 3.63) is 181 Å². The molecule has 272 valence electrons. The minimum absolute atomic E-state index is 0.0476. The van der Waals surface area contributed by atoms with Crippen molar-refractivity contribution in [3.8, 4) is 56.0 Å². The second-order valence-corrected chi connectivity index (χ2v) is 14.6. The quantitative estimate of drug-likeness (QED) is 0.153. The van der Waals surface area contributed by atoms with Crippen LogP contribution in [0.15, 0.2) is 180 Å². The van der Waals surface area contributed by atoms with Crippen LogP contribution in [0.5, 0.6) is 11.5 Å². The molecular weight excluding hydrogens is 685 g/mol. The van der Waals surface area contributed by atoms with E-state index in [0.717, 1.165) is 91.7 Å². The Kier molecular flexibility index (Phi) is 9.69. The molecule has 1 fully saturated rings. The van der Waals surface area contributed by atoms with Gasteiger partial charge in [0.05, 0.1) is 12.1 Å². The van der Waals surface area contributed by atoms with Gasteiger partial charge in [0, 0.05) is 45.8 Å². The molecule has 0 aliphatic heterocycles. The van der Waals surface area contributed by atoms with E-state index in [1.807, 2.05) is 109 Å². The molecule has 0 heterocycles. The summed E-state index contributed by atoms with van der Waals surface area (Å²) in [5, 5.41) is 28.2. The monoisotopic (exact) mass is 726 g/mol. The van der Waals surface area contributed by atoms with Crippen molar-refractivity contribution < 1.29 is 10.2 Å². The standard InChI is InChI=1S/C52H42N2O2/c55-51-39(21-13-25-45(51)49-41-23-9-7-19-37(41)29-31-43(49)35-15-3-1-4-16-35)33-53-47-27-11-12-28-48(47)54-34-40-22-14-26-46(52(40)56)50-42-24-10-8-20-38(42)30-32-44(50)36-17-5-2-6-18-36/h1-10,13-26,29-34,47-48,55-56H,11-12,27-28H2/t47-,48?/m1/s1. The number of benzene rings is 8. The van der Waals surface area contributed by atoms with Crippen LogP contribution in [0, 0.1) is 0 Å². The summed E-state index contributed by atoms with van der Waals surface area (Å²) >= 11 is 0. The van der Waals surface area contributed by atoms with Gasteiger partial charge >= 0.3 is 0 Å². The maximum Gasteiger partial charge on any atom is 0.132 e. The molecule has 0 saturated heterocycles. The van der Waals surface area contributed by atoms with Crippen molar-refractivity contribution in [3.63, 3.8) is 0 Å². The molecule has 1 unspecified atom stereocenters. The predicted molar refractivity (Wildman–Crippen MR) is 234 cm³/mol. The molecular formula is C52H42N2O2. The number of hydrogen-bond donors (Lipinski definition) is 2. The summed E-state index contributed by atoms with van der Waals surface area (Å²) in [6.07, 6.45) is 7.61. The summed E-state index contributed by atoms with van der Waals surface area (Å²) in [6, 6.07) is 57.7. The van der Waals surface area contributed by atoms with E-state index in [9.17, 15) is 10.2 Å². The van der Waals surface area contributed by atoms with Crippen molar-refractivity contribution in [1.82, 2.24) is 0 Å². The van der Waals surface area contributed by atoms with E-state index in [4.69, 9.17) is 9.98 Å². The van der Waals surface area contributed by atoms with Crippen molar-refractivity contribution in [2.45, 2.75) is 37.8 Å². The fraction of sp³-hybridized carbons (Fsp3) is 0.115. The Labute approximate surface area is 327 Å². The largest absolute Gasteiger partial charge is 0.507 e. The lowest BCUT2D eigenvalue weighted by Crippen LogP contribution is -2.27. The van der Waals surface area contributed by atoms with E-state index >= 15 is 0 Å². The average molecular weight is 727 g/mol. The Hall–Kier alpha value is -6.78. The van der Waals surface area contributed by atoms with Gasteiger partial charge in [-0.25, -0.2) is 0 Å². The highest BCUT2D eigenvalue weighted by Gasteiger charge is 2.24. The summed E-state index contributed by atoms with van der Waals surface area (Å²) < 4.78 is 0. The van der Waals surface area contributed by atoms with Crippen LogP contribution in [0.25, 0.3) is 66.1 Å². The fourth-order valence-corrected chi connectivity index (χ4v) is 8.37. The average Bonchev–Trinajstić information content (AvgIpc) is 3.26. The Morgan fingerprint density at radius 1 is 0.393 bits per heavy atom. The third-order valence-electron chi connectivity index (χ3n) is 11.2. The summed E-state index contributed by atoms with van der Waals surface area (Å²) in [7, 11) is 0. The highest BCUT2D eigenvalue weighted by atomic mass is 16.3. The first-order valence-corrected chi connectivity index (χ1v) is 19.5. The Morgan fingerprint density at radius 2 is 0.804 bits per heavy atom. The van der Waals surface area contributed by atoms with Gasteiger partial charge in [-0.3, -0.25) is 9.98 Å². The molecule has 2 N–H and O–H groups in total. The first kappa shape index (κ1) is 35.0. The van der Waals surface area contributed by atoms with Crippen molar-refractivity contribution in [2.75, 3.05) is 0 Å². The molecule has 1 saturated carbocycles. The van der Waals surface area contributed by atoms with E-state index in [-0.39, 0.29) is 23.6 Å². The smallest absolute Gasteiger partial charge is 0.132 e. The minimum atomic E-state index is -0.0476. The number of nitrogens with zero attached hydrogens (tertiary/aromatic N) is 2. The Balaban J connectivity index is 1.04. The number of aliphatic imine (C=N–C) groups is 2. The van der Waals surface area contributed by atoms with Gasteiger partial charge < -0.3 is 10.2 Å². The minimum Gasteiger partial charge on any atom is -0.507 e. The summed E-state index contributed by atoms with van der Waals surface area (Å²) in [5.74, 6) is 0.427. The number of para-hydroxylation sites is 2. The van der Waals surface area contributed by atoms with Gasteiger partial charge in [-0.05, 0) is 68.8 Å². The van der Waals surface area contributed by atoms with Crippen LogP contribution in [0.1, 0.15) is 36.8 Å². The predicted octanol–water partition coefficient (Wildman–Crippen LogP) is 12.9. The number of hydrogen-bond acceptors (Lipinski definition) is 4. The van der Waals surface area contributed by atoms with E-state index in [2.05, 4.69) is 72.8 Å². The number of aromatic hydroxyl groups is 2. The molecule has 0 amide bonds. The molecule has 0 radical (unpaired) electrons. The van der Waals surface area contributed by atoms with Gasteiger partial charge in [0.25, 0.3) is 0 Å². The molecule has 8 aromatic rings. The lowest BCUT2D eigenvalue weighted by atomic mass is 9.88. The fourth-order valence-electron chi connectivity index (χ4n) is 8.37. The summed E-state index contributed by atoms with van der Waals surface area (Å²) in [4.78, 5) is 10.2. The molecule has 0 bridgehead atoms. The van der Waals surface area contributed by atoms with Crippen molar-refractivity contribution >= 4 is 34.0 Å².